The van der Waals surface area contributed by atoms with Crippen LogP contribution in [-0.4, -0.2) is 49.5 Å². The summed E-state index contributed by atoms with van der Waals surface area (Å²) in [6.45, 7) is 1.75. The Morgan fingerprint density at radius 2 is 1.96 bits per heavy atom. The highest BCUT2D eigenvalue weighted by atomic mass is 35.5. The van der Waals surface area contributed by atoms with Crippen LogP contribution in [0.1, 0.15) is 12.8 Å². The lowest BCUT2D eigenvalue weighted by Crippen LogP contribution is -2.47. The fourth-order valence-electron chi connectivity index (χ4n) is 2.61. The van der Waals surface area contributed by atoms with Crippen molar-refractivity contribution < 1.29 is 14.3 Å². The molecule has 9 heteroatoms. The zero-order valence-corrected chi connectivity index (χ0v) is 16.0. The number of nitrogens with zero attached hydrogens (tertiary/aromatic N) is 1. The van der Waals surface area contributed by atoms with Gasteiger partial charge in [0.25, 0.3) is 5.91 Å². The molecule has 1 aromatic carbocycles. The average molecular weight is 411 g/mol. The van der Waals surface area contributed by atoms with Crippen molar-refractivity contribution in [1.82, 2.24) is 10.2 Å². The topological polar surface area (TPSA) is 84.7 Å². The predicted molar refractivity (Wildman–Crippen MR) is 101 cm³/mol. The Balaban J connectivity index is 0.00000312. The molecule has 2 amide bonds. The van der Waals surface area contributed by atoms with E-state index in [1.807, 2.05) is 0 Å². The van der Waals surface area contributed by atoms with Crippen LogP contribution in [0.2, 0.25) is 10.0 Å². The summed E-state index contributed by atoms with van der Waals surface area (Å²) in [4.78, 5) is 26.0. The van der Waals surface area contributed by atoms with Gasteiger partial charge in [-0.1, -0.05) is 23.2 Å². The summed E-state index contributed by atoms with van der Waals surface area (Å²) < 4.78 is 5.47. The highest BCUT2D eigenvalue weighted by Crippen LogP contribution is 2.24. The van der Waals surface area contributed by atoms with Crippen molar-refractivity contribution >= 4 is 47.4 Å². The summed E-state index contributed by atoms with van der Waals surface area (Å²) in [5.41, 5.74) is 5.38. The van der Waals surface area contributed by atoms with Gasteiger partial charge in [-0.2, -0.15) is 0 Å². The third-order valence-corrected chi connectivity index (χ3v) is 4.22. The van der Waals surface area contributed by atoms with Gasteiger partial charge in [0.15, 0.2) is 6.61 Å². The molecule has 1 aliphatic rings. The van der Waals surface area contributed by atoms with Gasteiger partial charge in [-0.25, -0.2) is 0 Å². The number of ether oxygens (including phenoxy) is 1. The van der Waals surface area contributed by atoms with Crippen molar-refractivity contribution in [1.29, 1.82) is 0 Å². The maximum Gasteiger partial charge on any atom is 0.260 e. The van der Waals surface area contributed by atoms with E-state index in [1.54, 1.807) is 23.1 Å². The monoisotopic (exact) mass is 409 g/mol. The fourth-order valence-corrected chi connectivity index (χ4v) is 3.11. The molecule has 0 aromatic heterocycles. The lowest BCUT2D eigenvalue weighted by molar-refractivity contribution is -0.137. The number of rotatable bonds is 6. The molecular weight excluding hydrogens is 389 g/mol. The predicted octanol–water partition coefficient (Wildman–Crippen LogP) is 2.11. The lowest BCUT2D eigenvalue weighted by atomic mass is 9.97. The Labute approximate surface area is 163 Å². The molecule has 2 rings (SSSR count). The SMILES string of the molecule is Cl.NCCNC(=O)C1CCCN(C(=O)COc2cc(Cl)cc(Cl)c2)C1. The van der Waals surface area contributed by atoms with Crippen molar-refractivity contribution in [3.8, 4) is 5.75 Å². The van der Waals surface area contributed by atoms with Crippen LogP contribution in [0.25, 0.3) is 0 Å². The zero-order valence-electron chi connectivity index (χ0n) is 13.7. The minimum absolute atomic E-state index is 0. The first-order valence-electron chi connectivity index (χ1n) is 7.84. The summed E-state index contributed by atoms with van der Waals surface area (Å²) in [6, 6.07) is 4.78. The van der Waals surface area contributed by atoms with Gasteiger partial charge in [0.2, 0.25) is 5.91 Å². The molecule has 1 aliphatic heterocycles. The molecule has 0 saturated carbocycles. The highest BCUT2D eigenvalue weighted by Gasteiger charge is 2.28. The van der Waals surface area contributed by atoms with Gasteiger partial charge in [-0.3, -0.25) is 9.59 Å². The van der Waals surface area contributed by atoms with Crippen LogP contribution in [0.3, 0.4) is 0 Å². The molecule has 0 radical (unpaired) electrons. The molecule has 0 aliphatic carbocycles. The average Bonchev–Trinajstić information content (AvgIpc) is 2.56. The number of hydrogen-bond acceptors (Lipinski definition) is 4. The first-order valence-corrected chi connectivity index (χ1v) is 8.59. The zero-order chi connectivity index (χ0) is 17.5. The van der Waals surface area contributed by atoms with E-state index in [0.29, 0.717) is 42.0 Å². The Morgan fingerprint density at radius 1 is 1.28 bits per heavy atom. The van der Waals surface area contributed by atoms with Crippen molar-refractivity contribution in [3.63, 3.8) is 0 Å². The van der Waals surface area contributed by atoms with Crippen LogP contribution in [-0.2, 0) is 9.59 Å². The number of amides is 2. The Kier molecular flexibility index (Phi) is 9.35. The number of hydrogen-bond donors (Lipinski definition) is 2. The molecule has 25 heavy (non-hydrogen) atoms. The number of halogens is 3. The van der Waals surface area contributed by atoms with E-state index in [1.165, 1.54) is 0 Å². The molecule has 1 saturated heterocycles. The van der Waals surface area contributed by atoms with Crippen LogP contribution < -0.4 is 15.8 Å². The molecule has 1 atom stereocenters. The van der Waals surface area contributed by atoms with Crippen molar-refractivity contribution in [2.45, 2.75) is 12.8 Å². The van der Waals surface area contributed by atoms with Gasteiger partial charge >= 0.3 is 0 Å². The second-order valence-electron chi connectivity index (χ2n) is 5.65. The van der Waals surface area contributed by atoms with Crippen LogP contribution in [0.15, 0.2) is 18.2 Å². The van der Waals surface area contributed by atoms with E-state index in [4.69, 9.17) is 33.7 Å². The minimum Gasteiger partial charge on any atom is -0.484 e. The second kappa shape index (κ2) is 10.7. The molecule has 1 unspecified atom stereocenters. The smallest absolute Gasteiger partial charge is 0.260 e. The Hall–Kier alpha value is -1.21. The van der Waals surface area contributed by atoms with Crippen LogP contribution in [0.5, 0.6) is 5.75 Å². The van der Waals surface area contributed by atoms with Gasteiger partial charge in [0.05, 0.1) is 5.92 Å². The van der Waals surface area contributed by atoms with Crippen molar-refractivity contribution in [2.75, 3.05) is 32.8 Å². The minimum atomic E-state index is -0.199. The molecular formula is C16H22Cl3N3O3. The molecule has 1 aromatic rings. The normalized spacial score (nSPS) is 16.8. The third-order valence-electron chi connectivity index (χ3n) is 3.79. The highest BCUT2D eigenvalue weighted by molar-refractivity contribution is 6.34. The fraction of sp³-hybridized carbons (Fsp3) is 0.500. The lowest BCUT2D eigenvalue weighted by Gasteiger charge is -2.32. The molecule has 1 fully saturated rings. The molecule has 0 bridgehead atoms. The van der Waals surface area contributed by atoms with Crippen molar-refractivity contribution in [3.05, 3.63) is 28.2 Å². The molecule has 3 N–H and O–H groups in total. The number of carbonyl (C=O) groups excluding carboxylic acids is 2. The Morgan fingerprint density at radius 3 is 2.60 bits per heavy atom. The number of benzene rings is 1. The molecule has 0 spiro atoms. The van der Waals surface area contributed by atoms with Gasteiger partial charge in [0, 0.05) is 36.2 Å². The first-order chi connectivity index (χ1) is 11.5. The maximum atomic E-state index is 12.3. The number of piperidine rings is 1. The van der Waals surface area contributed by atoms with Crippen LogP contribution in [0.4, 0.5) is 0 Å². The second-order valence-corrected chi connectivity index (χ2v) is 6.53. The number of nitrogens with one attached hydrogen (secondary N) is 1. The summed E-state index contributed by atoms with van der Waals surface area (Å²) in [6.07, 6.45) is 1.56. The van der Waals surface area contributed by atoms with E-state index >= 15 is 0 Å². The quantitative estimate of drug-likeness (QED) is 0.752. The molecule has 6 nitrogen and oxygen atoms in total. The third kappa shape index (κ3) is 6.90. The first kappa shape index (κ1) is 21.8. The van der Waals surface area contributed by atoms with E-state index in [9.17, 15) is 9.59 Å². The summed E-state index contributed by atoms with van der Waals surface area (Å²) in [5.74, 6) is 0.0212. The van der Waals surface area contributed by atoms with Crippen molar-refractivity contribution in [2.24, 2.45) is 11.7 Å². The maximum absolute atomic E-state index is 12.3. The summed E-state index contributed by atoms with van der Waals surface area (Å²) in [7, 11) is 0. The number of nitrogens with two attached hydrogens (primary N) is 1. The number of carbonyl (C=O) groups is 2. The van der Waals surface area contributed by atoms with Gasteiger partial charge in [0.1, 0.15) is 5.75 Å². The van der Waals surface area contributed by atoms with E-state index in [-0.39, 0.29) is 36.7 Å². The van der Waals surface area contributed by atoms with Gasteiger partial charge in [-0.15, -0.1) is 12.4 Å². The summed E-state index contributed by atoms with van der Waals surface area (Å²) in [5, 5.41) is 3.66. The molecule has 1 heterocycles. The van der Waals surface area contributed by atoms with Gasteiger partial charge < -0.3 is 20.7 Å². The van der Waals surface area contributed by atoms with E-state index in [0.717, 1.165) is 12.8 Å². The number of likely N-dealkylation sites (tertiary alicyclic amines) is 1. The van der Waals surface area contributed by atoms with E-state index < -0.39 is 0 Å². The largest absolute Gasteiger partial charge is 0.484 e. The molecule has 140 valence electrons. The van der Waals surface area contributed by atoms with Gasteiger partial charge in [-0.05, 0) is 31.0 Å². The van der Waals surface area contributed by atoms with Crippen LogP contribution >= 0.6 is 35.6 Å². The van der Waals surface area contributed by atoms with E-state index in [2.05, 4.69) is 5.32 Å². The summed E-state index contributed by atoms with van der Waals surface area (Å²) >= 11 is 11.8. The Bertz CT molecular complexity index is 581. The van der Waals surface area contributed by atoms with Crippen LogP contribution in [0, 0.1) is 5.92 Å². The standard InChI is InChI=1S/C16H21Cl2N3O3.ClH/c17-12-6-13(18)8-14(7-12)24-10-15(22)21-5-1-2-11(9-21)16(23)20-4-3-19;/h6-8,11H,1-5,9-10,19H2,(H,20,23);1H.